The van der Waals surface area contributed by atoms with E-state index in [1.807, 2.05) is 6.92 Å². The quantitative estimate of drug-likeness (QED) is 0.779. The van der Waals surface area contributed by atoms with Gasteiger partial charge in [-0.3, -0.25) is 10.1 Å². The van der Waals surface area contributed by atoms with Crippen molar-refractivity contribution in [1.29, 1.82) is 0 Å². The molecule has 1 N–H and O–H groups in total. The zero-order chi connectivity index (χ0) is 20.4. The van der Waals surface area contributed by atoms with Gasteiger partial charge in [0.1, 0.15) is 0 Å². The Balaban J connectivity index is 1.69. The van der Waals surface area contributed by atoms with E-state index >= 15 is 0 Å². The number of benzene rings is 1. The standard InChI is InChI=1S/C20H26N4O3S2/c1-15-14-21-20(28-15)22-19(25)17-13-16(7-8-18(17)23-9-5-6-10-23)29(26,27)24-11-3-2-4-12-24/h7-8,13-14H,2-6,9-12H2,1H3,(H,21,22,25). The van der Waals surface area contributed by atoms with E-state index in [4.69, 9.17) is 0 Å². The summed E-state index contributed by atoms with van der Waals surface area (Å²) in [5, 5.41) is 3.35. The number of nitrogens with zero attached hydrogens (tertiary/aromatic N) is 3. The Kier molecular flexibility index (Phi) is 5.89. The predicted molar refractivity (Wildman–Crippen MR) is 115 cm³/mol. The molecule has 2 aliphatic heterocycles. The summed E-state index contributed by atoms with van der Waals surface area (Å²) in [5.74, 6) is -0.322. The third kappa shape index (κ3) is 4.31. The molecule has 0 saturated carbocycles. The zero-order valence-electron chi connectivity index (χ0n) is 16.6. The normalized spacial score (nSPS) is 18.2. The average molecular weight is 435 g/mol. The molecule has 0 bridgehead atoms. The lowest BCUT2D eigenvalue weighted by molar-refractivity contribution is 0.102. The number of rotatable bonds is 5. The van der Waals surface area contributed by atoms with Crippen LogP contribution in [0.5, 0.6) is 0 Å². The Morgan fingerprint density at radius 2 is 1.76 bits per heavy atom. The van der Waals surface area contributed by atoms with E-state index in [1.54, 1.807) is 18.3 Å². The van der Waals surface area contributed by atoms with Crippen molar-refractivity contribution in [2.75, 3.05) is 36.4 Å². The number of piperidine rings is 1. The largest absolute Gasteiger partial charge is 0.371 e. The van der Waals surface area contributed by atoms with Crippen LogP contribution in [0.2, 0.25) is 0 Å². The molecule has 0 spiro atoms. The maximum Gasteiger partial charge on any atom is 0.259 e. The van der Waals surface area contributed by atoms with Crippen LogP contribution in [-0.2, 0) is 10.0 Å². The van der Waals surface area contributed by atoms with Gasteiger partial charge >= 0.3 is 0 Å². The van der Waals surface area contributed by atoms with Crippen molar-refractivity contribution in [1.82, 2.24) is 9.29 Å². The highest BCUT2D eigenvalue weighted by molar-refractivity contribution is 7.89. The highest BCUT2D eigenvalue weighted by Crippen LogP contribution is 2.30. The van der Waals surface area contributed by atoms with Gasteiger partial charge in [0.2, 0.25) is 10.0 Å². The first-order valence-corrected chi connectivity index (χ1v) is 12.3. The van der Waals surface area contributed by atoms with E-state index in [0.717, 1.165) is 55.8 Å². The number of sulfonamides is 1. The number of aryl methyl sites for hydroxylation is 1. The van der Waals surface area contributed by atoms with Gasteiger partial charge in [0.15, 0.2) is 5.13 Å². The third-order valence-electron chi connectivity index (χ3n) is 5.45. The maximum atomic E-state index is 13.1. The second-order valence-electron chi connectivity index (χ2n) is 7.57. The number of nitrogens with one attached hydrogen (secondary N) is 1. The van der Waals surface area contributed by atoms with Crippen LogP contribution >= 0.6 is 11.3 Å². The topological polar surface area (TPSA) is 82.6 Å². The number of hydrogen-bond donors (Lipinski definition) is 1. The highest BCUT2D eigenvalue weighted by Gasteiger charge is 2.29. The van der Waals surface area contributed by atoms with Gasteiger partial charge in [-0.05, 0) is 50.8 Å². The van der Waals surface area contributed by atoms with Gasteiger partial charge < -0.3 is 4.90 Å². The van der Waals surface area contributed by atoms with Crippen molar-refractivity contribution in [3.63, 3.8) is 0 Å². The van der Waals surface area contributed by atoms with Crippen LogP contribution in [0, 0.1) is 6.92 Å². The molecular weight excluding hydrogens is 408 g/mol. The fraction of sp³-hybridized carbons (Fsp3) is 0.500. The molecule has 0 atom stereocenters. The first-order valence-electron chi connectivity index (χ1n) is 10.1. The van der Waals surface area contributed by atoms with Gasteiger partial charge in [0.05, 0.1) is 10.5 Å². The molecule has 3 heterocycles. The Hall–Kier alpha value is -1.97. The fourth-order valence-corrected chi connectivity index (χ4v) is 6.13. The Bertz CT molecular complexity index is 991. The third-order valence-corrected chi connectivity index (χ3v) is 8.18. The summed E-state index contributed by atoms with van der Waals surface area (Å²) in [6.07, 6.45) is 6.66. The van der Waals surface area contributed by atoms with Gasteiger partial charge in [-0.25, -0.2) is 13.4 Å². The lowest BCUT2D eigenvalue weighted by Crippen LogP contribution is -2.35. The summed E-state index contributed by atoms with van der Waals surface area (Å²) < 4.78 is 27.8. The van der Waals surface area contributed by atoms with Gasteiger partial charge in [-0.2, -0.15) is 4.31 Å². The molecule has 9 heteroatoms. The summed E-state index contributed by atoms with van der Waals surface area (Å²) in [4.78, 5) is 20.6. The molecule has 7 nitrogen and oxygen atoms in total. The van der Waals surface area contributed by atoms with E-state index in [1.165, 1.54) is 21.7 Å². The van der Waals surface area contributed by atoms with Crippen LogP contribution in [0.4, 0.5) is 10.8 Å². The van der Waals surface area contributed by atoms with Crippen LogP contribution in [0.15, 0.2) is 29.3 Å². The molecule has 1 aromatic carbocycles. The Labute approximate surface area is 175 Å². The van der Waals surface area contributed by atoms with Crippen LogP contribution in [-0.4, -0.2) is 49.8 Å². The number of hydrogen-bond acceptors (Lipinski definition) is 6. The van der Waals surface area contributed by atoms with E-state index in [9.17, 15) is 13.2 Å². The number of aromatic nitrogens is 1. The lowest BCUT2D eigenvalue weighted by Gasteiger charge is -2.27. The maximum absolute atomic E-state index is 13.1. The predicted octanol–water partition coefficient (Wildman–Crippen LogP) is 3.48. The first-order chi connectivity index (χ1) is 13.9. The molecular formula is C20H26N4O3S2. The average Bonchev–Trinajstić information content (AvgIpc) is 3.40. The second-order valence-corrected chi connectivity index (χ2v) is 10.7. The molecule has 0 radical (unpaired) electrons. The molecule has 1 amide bonds. The summed E-state index contributed by atoms with van der Waals surface area (Å²) in [6, 6.07) is 4.96. The van der Waals surface area contributed by atoms with Crippen molar-refractivity contribution < 1.29 is 13.2 Å². The first kappa shape index (κ1) is 20.3. The van der Waals surface area contributed by atoms with Crippen LogP contribution in [0.3, 0.4) is 0 Å². The molecule has 29 heavy (non-hydrogen) atoms. The van der Waals surface area contributed by atoms with Crippen LogP contribution < -0.4 is 10.2 Å². The highest BCUT2D eigenvalue weighted by atomic mass is 32.2. The number of anilines is 2. The smallest absolute Gasteiger partial charge is 0.259 e. The lowest BCUT2D eigenvalue weighted by atomic mass is 10.1. The van der Waals surface area contributed by atoms with Crippen molar-refractivity contribution in [3.05, 3.63) is 34.8 Å². The summed E-state index contributed by atoms with van der Waals surface area (Å²) in [6.45, 7) is 4.74. The minimum atomic E-state index is -3.61. The van der Waals surface area contributed by atoms with Crippen molar-refractivity contribution in [2.24, 2.45) is 0 Å². The SMILES string of the molecule is Cc1cnc(NC(=O)c2cc(S(=O)(=O)N3CCCCC3)ccc2N2CCCC2)s1. The summed E-state index contributed by atoms with van der Waals surface area (Å²) in [5.41, 5.74) is 1.17. The number of amides is 1. The molecule has 2 aliphatic rings. The fourth-order valence-electron chi connectivity index (χ4n) is 3.92. The number of thiazole rings is 1. The Morgan fingerprint density at radius 1 is 1.07 bits per heavy atom. The van der Waals surface area contributed by atoms with Crippen molar-refractivity contribution in [3.8, 4) is 0 Å². The van der Waals surface area contributed by atoms with E-state index < -0.39 is 10.0 Å². The second kappa shape index (κ2) is 8.41. The van der Waals surface area contributed by atoms with Gasteiger partial charge in [-0.15, -0.1) is 11.3 Å². The molecule has 0 unspecified atom stereocenters. The molecule has 2 fully saturated rings. The van der Waals surface area contributed by atoms with Gasteiger partial charge in [0, 0.05) is 42.9 Å². The monoisotopic (exact) mass is 434 g/mol. The Morgan fingerprint density at radius 3 is 2.41 bits per heavy atom. The van der Waals surface area contributed by atoms with Gasteiger partial charge in [-0.1, -0.05) is 6.42 Å². The summed E-state index contributed by atoms with van der Waals surface area (Å²) in [7, 11) is -3.61. The van der Waals surface area contributed by atoms with Crippen LogP contribution in [0.1, 0.15) is 47.3 Å². The minimum Gasteiger partial charge on any atom is -0.371 e. The minimum absolute atomic E-state index is 0.183. The molecule has 1 aromatic heterocycles. The van der Waals surface area contributed by atoms with Crippen molar-refractivity contribution >= 4 is 38.1 Å². The number of carbonyl (C=O) groups is 1. The van der Waals surface area contributed by atoms with Gasteiger partial charge in [0.25, 0.3) is 5.91 Å². The van der Waals surface area contributed by atoms with Crippen molar-refractivity contribution in [2.45, 2.75) is 43.9 Å². The van der Waals surface area contributed by atoms with E-state index in [2.05, 4.69) is 15.2 Å². The molecule has 156 valence electrons. The molecule has 4 rings (SSSR count). The molecule has 2 saturated heterocycles. The van der Waals surface area contributed by atoms with E-state index in [-0.39, 0.29) is 10.8 Å². The van der Waals surface area contributed by atoms with Crippen LogP contribution in [0.25, 0.3) is 0 Å². The molecule has 0 aliphatic carbocycles. The summed E-state index contributed by atoms with van der Waals surface area (Å²) >= 11 is 1.40. The number of carbonyl (C=O) groups excluding carboxylic acids is 1. The zero-order valence-corrected chi connectivity index (χ0v) is 18.2. The molecule has 2 aromatic rings. The van der Waals surface area contributed by atoms with E-state index in [0.29, 0.717) is 23.8 Å².